The SMILES string of the molecule is Nc1ncc([C@H]2CC[C@H](O)C(F)(F)C2)nc1-c1ccc(C(=O)NC(CO)c2cc(F)cc(Br)c2)c(F)c1. The highest BCUT2D eigenvalue weighted by Crippen LogP contribution is 2.42. The molecule has 2 aromatic carbocycles. The molecule has 1 saturated carbocycles. The van der Waals surface area contributed by atoms with Crippen LogP contribution in [-0.2, 0) is 0 Å². The molecule has 1 aliphatic rings. The molecule has 1 unspecified atom stereocenters. The number of carbonyl (C=O) groups is 1. The summed E-state index contributed by atoms with van der Waals surface area (Å²) in [6.45, 7) is -0.558. The molecule has 5 N–H and O–H groups in total. The number of benzene rings is 2. The predicted octanol–water partition coefficient (Wildman–Crippen LogP) is 4.49. The molecule has 1 aliphatic carbocycles. The van der Waals surface area contributed by atoms with Crippen LogP contribution in [-0.4, -0.2) is 44.7 Å². The lowest BCUT2D eigenvalue weighted by atomic mass is 9.83. The second-order valence-corrected chi connectivity index (χ2v) is 9.81. The lowest BCUT2D eigenvalue weighted by molar-refractivity contribution is -0.136. The molecule has 1 heterocycles. The van der Waals surface area contributed by atoms with Gasteiger partial charge >= 0.3 is 0 Å². The van der Waals surface area contributed by atoms with Crippen molar-refractivity contribution in [2.45, 2.75) is 43.2 Å². The van der Waals surface area contributed by atoms with E-state index in [4.69, 9.17) is 5.73 Å². The zero-order valence-corrected chi connectivity index (χ0v) is 20.9. The molecule has 37 heavy (non-hydrogen) atoms. The quantitative estimate of drug-likeness (QED) is 0.318. The number of nitrogens with zero attached hydrogens (tertiary/aromatic N) is 2. The Bertz CT molecular complexity index is 1310. The lowest BCUT2D eigenvalue weighted by Crippen LogP contribution is -2.39. The van der Waals surface area contributed by atoms with Gasteiger partial charge in [0.2, 0.25) is 0 Å². The summed E-state index contributed by atoms with van der Waals surface area (Å²) in [5.74, 6) is -6.34. The topological polar surface area (TPSA) is 121 Å². The third-order valence-corrected chi connectivity index (χ3v) is 6.75. The van der Waals surface area contributed by atoms with Crippen molar-refractivity contribution < 1.29 is 32.6 Å². The number of halogens is 5. The molecular formula is C25H23BrF4N4O3. The van der Waals surface area contributed by atoms with Crippen LogP contribution < -0.4 is 11.1 Å². The number of carbonyl (C=O) groups excluding carboxylic acids is 1. The lowest BCUT2D eigenvalue weighted by Gasteiger charge is -2.32. The van der Waals surface area contributed by atoms with Crippen LogP contribution in [0.5, 0.6) is 0 Å². The van der Waals surface area contributed by atoms with Gasteiger partial charge in [0.15, 0.2) is 0 Å². The summed E-state index contributed by atoms with van der Waals surface area (Å²) in [6.07, 6.45) is -0.858. The van der Waals surface area contributed by atoms with E-state index in [0.29, 0.717) is 4.47 Å². The fourth-order valence-electron chi connectivity index (χ4n) is 4.30. The number of aliphatic hydroxyl groups is 2. The van der Waals surface area contributed by atoms with Crippen LogP contribution in [0.4, 0.5) is 23.4 Å². The Hall–Kier alpha value is -3.09. The Morgan fingerprint density at radius 2 is 1.97 bits per heavy atom. The fourth-order valence-corrected chi connectivity index (χ4v) is 4.79. The van der Waals surface area contributed by atoms with Gasteiger partial charge in [-0.25, -0.2) is 27.5 Å². The molecule has 0 radical (unpaired) electrons. The van der Waals surface area contributed by atoms with Crippen molar-refractivity contribution in [3.63, 3.8) is 0 Å². The molecular weight excluding hydrogens is 560 g/mol. The van der Waals surface area contributed by atoms with Gasteiger partial charge < -0.3 is 21.3 Å². The summed E-state index contributed by atoms with van der Waals surface area (Å²) in [4.78, 5) is 21.1. The summed E-state index contributed by atoms with van der Waals surface area (Å²) >= 11 is 3.14. The van der Waals surface area contributed by atoms with Gasteiger partial charge in [0, 0.05) is 22.4 Å². The van der Waals surface area contributed by atoms with Gasteiger partial charge in [-0.15, -0.1) is 0 Å². The average molecular weight is 583 g/mol. The number of hydrogen-bond acceptors (Lipinski definition) is 6. The molecule has 3 aromatic rings. The Morgan fingerprint density at radius 1 is 1.22 bits per heavy atom. The van der Waals surface area contributed by atoms with Crippen molar-refractivity contribution in [2.24, 2.45) is 0 Å². The van der Waals surface area contributed by atoms with E-state index in [-0.39, 0.29) is 46.7 Å². The summed E-state index contributed by atoms with van der Waals surface area (Å²) in [5.41, 5.74) is 6.34. The van der Waals surface area contributed by atoms with Gasteiger partial charge in [0.05, 0.1) is 30.1 Å². The third-order valence-electron chi connectivity index (χ3n) is 6.29. The Kier molecular flexibility index (Phi) is 7.81. The van der Waals surface area contributed by atoms with Gasteiger partial charge in [-0.3, -0.25) is 4.79 Å². The molecule has 7 nitrogen and oxygen atoms in total. The molecule has 1 aromatic heterocycles. The number of amides is 1. The number of rotatable bonds is 6. The molecule has 196 valence electrons. The molecule has 0 bridgehead atoms. The van der Waals surface area contributed by atoms with E-state index >= 15 is 0 Å². The molecule has 12 heteroatoms. The number of nitrogens with one attached hydrogen (secondary N) is 1. The van der Waals surface area contributed by atoms with Crippen molar-refractivity contribution in [2.75, 3.05) is 12.3 Å². The van der Waals surface area contributed by atoms with Crippen molar-refractivity contribution in [1.29, 1.82) is 0 Å². The molecule has 1 fully saturated rings. The number of nitrogens with two attached hydrogens (primary N) is 1. The van der Waals surface area contributed by atoms with Gasteiger partial charge in [-0.1, -0.05) is 22.0 Å². The highest BCUT2D eigenvalue weighted by molar-refractivity contribution is 9.10. The number of aromatic nitrogens is 2. The summed E-state index contributed by atoms with van der Waals surface area (Å²) in [7, 11) is 0. The third kappa shape index (κ3) is 5.91. The van der Waals surface area contributed by atoms with E-state index in [1.807, 2.05) is 0 Å². The van der Waals surface area contributed by atoms with Crippen LogP contribution in [0.3, 0.4) is 0 Å². The molecule has 0 aliphatic heterocycles. The first-order chi connectivity index (χ1) is 17.5. The minimum absolute atomic E-state index is 0.0556. The van der Waals surface area contributed by atoms with E-state index < -0.39 is 54.6 Å². The fraction of sp³-hybridized carbons (Fsp3) is 0.320. The van der Waals surface area contributed by atoms with Crippen LogP contribution in [0.15, 0.2) is 47.1 Å². The van der Waals surface area contributed by atoms with E-state index in [0.717, 1.165) is 12.1 Å². The smallest absolute Gasteiger partial charge is 0.274 e. The Morgan fingerprint density at radius 3 is 2.62 bits per heavy atom. The van der Waals surface area contributed by atoms with Crippen LogP contribution in [0.1, 0.15) is 52.8 Å². The summed E-state index contributed by atoms with van der Waals surface area (Å²) < 4.78 is 57.2. The van der Waals surface area contributed by atoms with E-state index in [9.17, 15) is 32.6 Å². The van der Waals surface area contributed by atoms with Crippen LogP contribution in [0, 0.1) is 11.6 Å². The molecule has 0 spiro atoms. The van der Waals surface area contributed by atoms with Crippen molar-refractivity contribution in [1.82, 2.24) is 15.3 Å². The van der Waals surface area contributed by atoms with Crippen LogP contribution in [0.25, 0.3) is 11.3 Å². The second kappa shape index (κ2) is 10.7. The van der Waals surface area contributed by atoms with E-state index in [2.05, 4.69) is 31.2 Å². The predicted molar refractivity (Wildman–Crippen MR) is 131 cm³/mol. The van der Waals surface area contributed by atoms with Gasteiger partial charge in [-0.05, 0) is 48.7 Å². The molecule has 1 amide bonds. The minimum Gasteiger partial charge on any atom is -0.394 e. The molecule has 4 rings (SSSR count). The Balaban J connectivity index is 1.57. The maximum atomic E-state index is 15.0. The van der Waals surface area contributed by atoms with Crippen LogP contribution >= 0.6 is 15.9 Å². The number of nitrogen functional groups attached to an aromatic ring is 1. The van der Waals surface area contributed by atoms with Gasteiger partial charge in [0.1, 0.15) is 29.3 Å². The minimum atomic E-state index is -3.26. The number of hydrogen-bond donors (Lipinski definition) is 4. The molecule has 0 saturated heterocycles. The number of aliphatic hydroxyl groups excluding tert-OH is 2. The standard InChI is InChI=1S/C25H23BrF4N4O3/c26-15-5-14(6-16(27)8-15)20(11-35)34-24(37)17-3-1-12(7-18(17)28)22-23(31)32-10-19(33-22)13-2-4-21(36)25(29,30)9-13/h1,3,5-8,10,13,20-21,35-36H,2,4,9,11H2,(H2,31,32)(H,34,37)/t13-,20?,21-/m0/s1. The first-order valence-electron chi connectivity index (χ1n) is 11.3. The molecule has 3 atom stereocenters. The van der Waals surface area contributed by atoms with Crippen molar-refractivity contribution in [3.05, 3.63) is 75.5 Å². The maximum absolute atomic E-state index is 15.0. The largest absolute Gasteiger partial charge is 0.394 e. The zero-order chi connectivity index (χ0) is 26.9. The van der Waals surface area contributed by atoms with Crippen molar-refractivity contribution >= 4 is 27.7 Å². The maximum Gasteiger partial charge on any atom is 0.274 e. The number of alkyl halides is 2. The highest BCUT2D eigenvalue weighted by atomic mass is 79.9. The first-order valence-corrected chi connectivity index (χ1v) is 12.1. The average Bonchev–Trinajstić information content (AvgIpc) is 2.83. The second-order valence-electron chi connectivity index (χ2n) is 8.89. The Labute approximate surface area is 217 Å². The summed E-state index contributed by atoms with van der Waals surface area (Å²) in [6, 6.07) is 6.46. The monoisotopic (exact) mass is 582 g/mol. The normalized spacial score (nSPS) is 19.9. The van der Waals surface area contributed by atoms with Crippen LogP contribution in [0.2, 0.25) is 0 Å². The van der Waals surface area contributed by atoms with Gasteiger partial charge in [0.25, 0.3) is 11.8 Å². The van der Waals surface area contributed by atoms with E-state index in [1.54, 1.807) is 0 Å². The highest BCUT2D eigenvalue weighted by Gasteiger charge is 2.45. The summed E-state index contributed by atoms with van der Waals surface area (Å²) in [5, 5.41) is 21.7. The first kappa shape index (κ1) is 27.0. The van der Waals surface area contributed by atoms with Gasteiger partial charge in [-0.2, -0.15) is 0 Å². The van der Waals surface area contributed by atoms with E-state index in [1.165, 1.54) is 30.5 Å². The van der Waals surface area contributed by atoms with Crippen molar-refractivity contribution in [3.8, 4) is 11.3 Å². The zero-order valence-electron chi connectivity index (χ0n) is 19.3. The number of anilines is 1.